The lowest BCUT2D eigenvalue weighted by Gasteiger charge is -2.12. The summed E-state index contributed by atoms with van der Waals surface area (Å²) in [4.78, 5) is 52.8. The molecule has 1 aromatic heterocycles. The van der Waals surface area contributed by atoms with Crippen molar-refractivity contribution in [2.75, 3.05) is 23.5 Å². The van der Waals surface area contributed by atoms with E-state index in [1.54, 1.807) is 78.9 Å². The number of methoxy groups -OCH3 is 1. The number of ether oxygens (including phenoxy) is 1. The fourth-order valence-electron chi connectivity index (χ4n) is 4.58. The monoisotopic (exact) mass is 695 g/mol. The van der Waals surface area contributed by atoms with E-state index in [2.05, 4.69) is 16.0 Å². The topological polar surface area (TPSA) is 114 Å². The van der Waals surface area contributed by atoms with E-state index in [4.69, 9.17) is 16.3 Å². The van der Waals surface area contributed by atoms with Crippen molar-refractivity contribution in [1.29, 1.82) is 0 Å². The third-order valence-corrected chi connectivity index (χ3v) is 9.07. The van der Waals surface area contributed by atoms with E-state index >= 15 is 0 Å². The van der Waals surface area contributed by atoms with Gasteiger partial charge in [0.25, 0.3) is 11.8 Å². The Bertz CT molecular complexity index is 1990. The van der Waals surface area contributed by atoms with Crippen LogP contribution >= 0.6 is 34.7 Å². The number of esters is 1. The molecule has 0 bridgehead atoms. The molecule has 1 heterocycles. The summed E-state index contributed by atoms with van der Waals surface area (Å²) in [6.45, 7) is 1.98. The summed E-state index contributed by atoms with van der Waals surface area (Å²) < 4.78 is 5.02. The molecule has 0 atom stereocenters. The van der Waals surface area contributed by atoms with Gasteiger partial charge in [-0.25, -0.2) is 4.79 Å². The molecule has 0 fully saturated rings. The van der Waals surface area contributed by atoms with Crippen molar-refractivity contribution < 1.29 is 23.9 Å². The molecular formula is C37H30ClN3O5S2. The summed E-state index contributed by atoms with van der Waals surface area (Å²) >= 11 is 8.66. The molecule has 4 aromatic carbocycles. The summed E-state index contributed by atoms with van der Waals surface area (Å²) in [5, 5.41) is 11.1. The minimum absolute atomic E-state index is 0.0194. The molecule has 48 heavy (non-hydrogen) atoms. The first-order valence-corrected chi connectivity index (χ1v) is 16.9. The highest BCUT2D eigenvalue weighted by molar-refractivity contribution is 8.00. The number of carbonyl (C=O) groups excluding carboxylic acids is 4. The summed E-state index contributed by atoms with van der Waals surface area (Å²) in [6, 6.07) is 30.2. The van der Waals surface area contributed by atoms with Gasteiger partial charge in [-0.05, 0) is 66.6 Å². The molecule has 3 N–H and O–H groups in total. The van der Waals surface area contributed by atoms with Crippen molar-refractivity contribution in [3.05, 3.63) is 141 Å². The molecule has 0 radical (unpaired) electrons. The van der Waals surface area contributed by atoms with E-state index in [0.717, 1.165) is 16.0 Å². The summed E-state index contributed by atoms with van der Waals surface area (Å²) in [5.74, 6) is -1.80. The molecule has 5 rings (SSSR count). The Balaban J connectivity index is 1.27. The molecule has 0 spiro atoms. The number of benzene rings is 4. The number of nitrogens with one attached hydrogen (secondary N) is 3. The van der Waals surface area contributed by atoms with E-state index in [9.17, 15) is 19.2 Å². The first kappa shape index (κ1) is 34.2. The van der Waals surface area contributed by atoms with Gasteiger partial charge < -0.3 is 20.7 Å². The van der Waals surface area contributed by atoms with E-state index in [0.29, 0.717) is 38.0 Å². The average molecular weight is 696 g/mol. The van der Waals surface area contributed by atoms with Crippen molar-refractivity contribution in [2.24, 2.45) is 0 Å². The third-order valence-electron chi connectivity index (χ3n) is 6.95. The number of aryl methyl sites for hydroxylation is 1. The first-order chi connectivity index (χ1) is 23.2. The van der Waals surface area contributed by atoms with Gasteiger partial charge in [-0.15, -0.1) is 23.1 Å². The van der Waals surface area contributed by atoms with Gasteiger partial charge in [0.1, 0.15) is 16.3 Å². The molecule has 3 amide bonds. The molecule has 0 unspecified atom stereocenters. The predicted molar refractivity (Wildman–Crippen MR) is 194 cm³/mol. The number of rotatable bonds is 11. The van der Waals surface area contributed by atoms with Crippen LogP contribution in [0.25, 0.3) is 17.2 Å². The smallest absolute Gasteiger partial charge is 0.341 e. The number of thioether (sulfide) groups is 1. The Kier molecular flexibility index (Phi) is 11.5. The average Bonchev–Trinajstić information content (AvgIpc) is 3.50. The Morgan fingerprint density at radius 1 is 0.875 bits per heavy atom. The maximum atomic E-state index is 13.4. The largest absolute Gasteiger partial charge is 0.465 e. The van der Waals surface area contributed by atoms with Crippen LogP contribution in [0.3, 0.4) is 0 Å². The Morgan fingerprint density at radius 2 is 1.62 bits per heavy atom. The van der Waals surface area contributed by atoms with Crippen LogP contribution in [0.2, 0.25) is 5.02 Å². The van der Waals surface area contributed by atoms with Crippen LogP contribution in [0.5, 0.6) is 0 Å². The van der Waals surface area contributed by atoms with Gasteiger partial charge >= 0.3 is 5.97 Å². The molecule has 8 nitrogen and oxygen atoms in total. The minimum atomic E-state index is -0.545. The molecule has 5 aromatic rings. The summed E-state index contributed by atoms with van der Waals surface area (Å²) in [6.07, 6.45) is 1.54. The Morgan fingerprint density at radius 3 is 2.35 bits per heavy atom. The number of thiophene rings is 1. The molecule has 0 aliphatic heterocycles. The van der Waals surface area contributed by atoms with Gasteiger partial charge in [-0.2, -0.15) is 0 Å². The highest BCUT2D eigenvalue weighted by Gasteiger charge is 2.22. The number of hydrogen-bond acceptors (Lipinski definition) is 7. The fraction of sp³-hybridized carbons (Fsp3) is 0.0811. The van der Waals surface area contributed by atoms with E-state index < -0.39 is 17.8 Å². The summed E-state index contributed by atoms with van der Waals surface area (Å²) in [5.41, 5.74) is 4.42. The highest BCUT2D eigenvalue weighted by atomic mass is 35.5. The molecular weight excluding hydrogens is 666 g/mol. The quantitative estimate of drug-likeness (QED) is 0.0728. The number of anilines is 2. The summed E-state index contributed by atoms with van der Waals surface area (Å²) in [7, 11) is 1.30. The lowest BCUT2D eigenvalue weighted by molar-refractivity contribution is -0.114. The molecule has 11 heteroatoms. The zero-order valence-corrected chi connectivity index (χ0v) is 28.3. The predicted octanol–water partition coefficient (Wildman–Crippen LogP) is 8.30. The van der Waals surface area contributed by atoms with E-state index in [-0.39, 0.29) is 17.4 Å². The zero-order valence-electron chi connectivity index (χ0n) is 25.9. The molecule has 0 aliphatic rings. The van der Waals surface area contributed by atoms with Gasteiger partial charge in [0.05, 0.1) is 12.9 Å². The molecule has 0 saturated heterocycles. The fourth-order valence-corrected chi connectivity index (χ4v) is 6.51. The van der Waals surface area contributed by atoms with Crippen LogP contribution in [0.1, 0.15) is 31.8 Å². The second-order valence-electron chi connectivity index (χ2n) is 10.5. The third kappa shape index (κ3) is 9.01. The zero-order chi connectivity index (χ0) is 34.0. The first-order valence-electron chi connectivity index (χ1n) is 14.6. The Hall–Kier alpha value is -5.16. The number of halogens is 1. The number of amides is 3. The van der Waals surface area contributed by atoms with Gasteiger partial charge in [-0.3, -0.25) is 14.4 Å². The minimum Gasteiger partial charge on any atom is -0.465 e. The van der Waals surface area contributed by atoms with Gasteiger partial charge in [-0.1, -0.05) is 77.8 Å². The van der Waals surface area contributed by atoms with Crippen LogP contribution in [0.15, 0.2) is 119 Å². The second kappa shape index (κ2) is 16.1. The van der Waals surface area contributed by atoms with E-state index in [1.165, 1.54) is 30.2 Å². The van der Waals surface area contributed by atoms with Crippen molar-refractivity contribution in [2.45, 2.75) is 11.8 Å². The lowest BCUT2D eigenvalue weighted by atomic mass is 10.0. The van der Waals surface area contributed by atoms with Gasteiger partial charge in [0, 0.05) is 32.1 Å². The normalized spacial score (nSPS) is 11.0. The van der Waals surface area contributed by atoms with Crippen LogP contribution < -0.4 is 16.0 Å². The van der Waals surface area contributed by atoms with E-state index in [1.807, 2.05) is 42.6 Å². The highest BCUT2D eigenvalue weighted by Crippen LogP contribution is 2.36. The maximum Gasteiger partial charge on any atom is 0.341 e. The standard InChI is InChI=1S/C37H30ClN3O5S2/c1-23-14-16-25(17-15-23)30-21-48-36(33(30)37(45)46-2)41-32(42)22-47-29-13-7-12-28(20-29)39-35(44)31(19-24-8-6-11-27(38)18-24)40-34(43)26-9-4-3-5-10-26/h3-21H,22H2,1-2H3,(H,39,44)(H,40,43)(H,41,42)/b31-19-. The number of hydrogen-bond donors (Lipinski definition) is 3. The molecule has 0 aliphatic carbocycles. The van der Waals surface area contributed by atoms with Crippen molar-refractivity contribution >= 4 is 75.2 Å². The molecule has 242 valence electrons. The Labute approximate surface area is 291 Å². The van der Waals surface area contributed by atoms with Crippen molar-refractivity contribution in [3.63, 3.8) is 0 Å². The second-order valence-corrected chi connectivity index (χ2v) is 12.8. The van der Waals surface area contributed by atoms with Crippen molar-refractivity contribution in [3.8, 4) is 11.1 Å². The van der Waals surface area contributed by atoms with Crippen LogP contribution in [0.4, 0.5) is 10.7 Å². The maximum absolute atomic E-state index is 13.4. The SMILES string of the molecule is COC(=O)c1c(-c2ccc(C)cc2)csc1NC(=O)CSc1cccc(NC(=O)/C(=C/c2cccc(Cl)c2)NC(=O)c2ccccc2)c1. The lowest BCUT2D eigenvalue weighted by Crippen LogP contribution is -2.30. The molecule has 0 saturated carbocycles. The van der Waals surface area contributed by atoms with Crippen LogP contribution in [0, 0.1) is 6.92 Å². The number of carbonyl (C=O) groups is 4. The van der Waals surface area contributed by atoms with Crippen LogP contribution in [-0.2, 0) is 14.3 Å². The van der Waals surface area contributed by atoms with Crippen LogP contribution in [-0.4, -0.2) is 36.6 Å². The van der Waals surface area contributed by atoms with Crippen molar-refractivity contribution in [1.82, 2.24) is 5.32 Å². The van der Waals surface area contributed by atoms with Gasteiger partial charge in [0.15, 0.2) is 0 Å². The van der Waals surface area contributed by atoms with Gasteiger partial charge in [0.2, 0.25) is 5.91 Å².